The lowest BCUT2D eigenvalue weighted by molar-refractivity contribution is 0.166. The van der Waals surface area contributed by atoms with E-state index in [1.54, 1.807) is 0 Å². The van der Waals surface area contributed by atoms with Crippen molar-refractivity contribution in [1.82, 2.24) is 10.6 Å². The van der Waals surface area contributed by atoms with Gasteiger partial charge < -0.3 is 25.2 Å². The first-order valence-corrected chi connectivity index (χ1v) is 8.66. The quantitative estimate of drug-likeness (QED) is 0.495. The lowest BCUT2D eigenvalue weighted by atomic mass is 10.1. The van der Waals surface area contributed by atoms with Crippen LogP contribution in [0.1, 0.15) is 24.5 Å². The first-order valence-electron chi connectivity index (χ1n) is 8.66. The largest absolute Gasteiger partial charge is 0.493 e. The summed E-state index contributed by atoms with van der Waals surface area (Å²) < 4.78 is 11.4. The molecule has 1 saturated heterocycles. The summed E-state index contributed by atoms with van der Waals surface area (Å²) in [6.07, 6.45) is 1.06. The summed E-state index contributed by atoms with van der Waals surface area (Å²) in [5.41, 5.74) is 2.23. The fourth-order valence-corrected chi connectivity index (χ4v) is 2.53. The van der Waals surface area contributed by atoms with E-state index in [1.165, 1.54) is 5.56 Å². The zero-order valence-electron chi connectivity index (χ0n) is 14.7. The summed E-state index contributed by atoms with van der Waals surface area (Å²) in [6.45, 7) is 8.23. The summed E-state index contributed by atoms with van der Waals surface area (Å²) in [7, 11) is 0. The Morgan fingerprint density at radius 1 is 1.42 bits per heavy atom. The number of nitrogens with zero attached hydrogens (tertiary/aromatic N) is 1. The molecular weight excluding hydrogens is 306 g/mol. The highest BCUT2D eigenvalue weighted by Gasteiger charge is 2.17. The maximum absolute atomic E-state index is 8.94. The van der Waals surface area contributed by atoms with Crippen molar-refractivity contribution >= 4 is 5.96 Å². The highest BCUT2D eigenvalue weighted by atomic mass is 16.5. The first-order chi connectivity index (χ1) is 11.7. The van der Waals surface area contributed by atoms with Crippen LogP contribution in [0.4, 0.5) is 0 Å². The van der Waals surface area contributed by atoms with Crippen LogP contribution in [-0.2, 0) is 11.3 Å². The van der Waals surface area contributed by atoms with Crippen molar-refractivity contribution in [2.75, 3.05) is 39.5 Å². The number of hydrogen-bond donors (Lipinski definition) is 3. The second-order valence-corrected chi connectivity index (χ2v) is 6.00. The van der Waals surface area contributed by atoms with Gasteiger partial charge in [-0.1, -0.05) is 12.1 Å². The fourth-order valence-electron chi connectivity index (χ4n) is 2.53. The van der Waals surface area contributed by atoms with E-state index in [9.17, 15) is 0 Å². The summed E-state index contributed by atoms with van der Waals surface area (Å²) >= 11 is 0. The Hall–Kier alpha value is -1.79. The highest BCUT2D eigenvalue weighted by molar-refractivity contribution is 5.79. The SMILES string of the molecule is CCNC(=NCc1ccc(C)cc1OCC1CCOC1)NCCO. The number of ether oxygens (including phenoxy) is 2. The molecule has 3 N–H and O–H groups in total. The topological polar surface area (TPSA) is 75.1 Å². The first kappa shape index (κ1) is 18.5. The van der Waals surface area contributed by atoms with Crippen LogP contribution in [0.15, 0.2) is 23.2 Å². The molecule has 134 valence electrons. The molecule has 1 aromatic carbocycles. The van der Waals surface area contributed by atoms with Gasteiger partial charge in [0, 0.05) is 31.2 Å². The molecule has 0 radical (unpaired) electrons. The Morgan fingerprint density at radius 3 is 3.00 bits per heavy atom. The molecule has 0 bridgehead atoms. The zero-order chi connectivity index (χ0) is 17.2. The van der Waals surface area contributed by atoms with Crippen molar-refractivity contribution in [3.63, 3.8) is 0 Å². The van der Waals surface area contributed by atoms with Crippen LogP contribution in [0.2, 0.25) is 0 Å². The highest BCUT2D eigenvalue weighted by Crippen LogP contribution is 2.23. The molecule has 1 fully saturated rings. The molecule has 1 atom stereocenters. The molecule has 0 saturated carbocycles. The summed E-state index contributed by atoms with van der Waals surface area (Å²) in [5, 5.41) is 15.2. The van der Waals surface area contributed by atoms with E-state index in [2.05, 4.69) is 40.7 Å². The minimum absolute atomic E-state index is 0.0762. The molecule has 1 aliphatic rings. The molecular formula is C18H29N3O3. The van der Waals surface area contributed by atoms with Gasteiger partial charge in [-0.15, -0.1) is 0 Å². The van der Waals surface area contributed by atoms with Gasteiger partial charge in [-0.05, 0) is 31.9 Å². The third-order valence-electron chi connectivity index (χ3n) is 3.88. The number of hydrogen-bond acceptors (Lipinski definition) is 4. The third-order valence-corrected chi connectivity index (χ3v) is 3.88. The third kappa shape index (κ3) is 6.02. The number of nitrogens with one attached hydrogen (secondary N) is 2. The van der Waals surface area contributed by atoms with Crippen molar-refractivity contribution < 1.29 is 14.6 Å². The predicted molar refractivity (Wildman–Crippen MR) is 95.5 cm³/mol. The molecule has 1 unspecified atom stereocenters. The molecule has 1 aromatic rings. The van der Waals surface area contributed by atoms with E-state index in [0.29, 0.717) is 31.6 Å². The minimum Gasteiger partial charge on any atom is -0.493 e. The van der Waals surface area contributed by atoms with Crippen LogP contribution in [0, 0.1) is 12.8 Å². The number of aliphatic hydroxyl groups excluding tert-OH is 1. The number of aliphatic hydroxyl groups is 1. The van der Waals surface area contributed by atoms with Gasteiger partial charge in [0.1, 0.15) is 5.75 Å². The number of aryl methyl sites for hydroxylation is 1. The molecule has 1 aliphatic heterocycles. The Balaban J connectivity index is 2.01. The van der Waals surface area contributed by atoms with Gasteiger partial charge in [0.25, 0.3) is 0 Å². The van der Waals surface area contributed by atoms with Gasteiger partial charge in [0.2, 0.25) is 0 Å². The molecule has 2 rings (SSSR count). The Morgan fingerprint density at radius 2 is 2.29 bits per heavy atom. The van der Waals surface area contributed by atoms with Crippen molar-refractivity contribution in [2.24, 2.45) is 10.9 Å². The van der Waals surface area contributed by atoms with Crippen LogP contribution in [0.3, 0.4) is 0 Å². The Bertz CT molecular complexity index is 528. The molecule has 6 nitrogen and oxygen atoms in total. The van der Waals surface area contributed by atoms with Crippen LogP contribution < -0.4 is 15.4 Å². The van der Waals surface area contributed by atoms with E-state index in [-0.39, 0.29) is 6.61 Å². The van der Waals surface area contributed by atoms with Gasteiger partial charge >= 0.3 is 0 Å². The second kappa shape index (κ2) is 10.2. The van der Waals surface area contributed by atoms with Gasteiger partial charge in [0.15, 0.2) is 5.96 Å². The number of aliphatic imine (C=N–C) groups is 1. The molecule has 1 heterocycles. The predicted octanol–water partition coefficient (Wildman–Crippen LogP) is 1.46. The number of benzene rings is 1. The van der Waals surface area contributed by atoms with Crippen molar-refractivity contribution in [1.29, 1.82) is 0 Å². The zero-order valence-corrected chi connectivity index (χ0v) is 14.7. The van der Waals surface area contributed by atoms with Crippen molar-refractivity contribution in [3.8, 4) is 5.75 Å². The lowest BCUT2D eigenvalue weighted by Crippen LogP contribution is -2.38. The van der Waals surface area contributed by atoms with Gasteiger partial charge in [-0.3, -0.25) is 0 Å². The standard InChI is InChI=1S/C18H29N3O3/c1-3-19-18(20-7-8-22)21-11-16-5-4-14(2)10-17(16)24-13-15-6-9-23-12-15/h4-5,10,15,22H,3,6-9,11-13H2,1-2H3,(H2,19,20,21). The summed E-state index contributed by atoms with van der Waals surface area (Å²) in [4.78, 5) is 4.57. The number of guanidine groups is 1. The van der Waals surface area contributed by atoms with E-state index >= 15 is 0 Å². The summed E-state index contributed by atoms with van der Waals surface area (Å²) in [5.74, 6) is 2.07. The van der Waals surface area contributed by atoms with E-state index in [4.69, 9.17) is 14.6 Å². The molecule has 24 heavy (non-hydrogen) atoms. The van der Waals surface area contributed by atoms with Crippen LogP contribution >= 0.6 is 0 Å². The maximum Gasteiger partial charge on any atom is 0.191 e. The monoisotopic (exact) mass is 335 g/mol. The van der Waals surface area contributed by atoms with Crippen molar-refractivity contribution in [2.45, 2.75) is 26.8 Å². The Labute approximate surface area is 144 Å². The minimum atomic E-state index is 0.0762. The van der Waals surface area contributed by atoms with Gasteiger partial charge in [-0.2, -0.15) is 0 Å². The average Bonchev–Trinajstić information content (AvgIpc) is 3.10. The molecule has 6 heteroatoms. The average molecular weight is 335 g/mol. The van der Waals surface area contributed by atoms with Crippen LogP contribution in [-0.4, -0.2) is 50.6 Å². The molecule has 0 spiro atoms. The van der Waals surface area contributed by atoms with E-state index < -0.39 is 0 Å². The molecule has 0 aromatic heterocycles. The molecule has 0 aliphatic carbocycles. The smallest absolute Gasteiger partial charge is 0.191 e. The Kier molecular flexibility index (Phi) is 7.85. The number of rotatable bonds is 8. The van der Waals surface area contributed by atoms with Gasteiger partial charge in [0.05, 0.1) is 26.4 Å². The van der Waals surface area contributed by atoms with E-state index in [0.717, 1.165) is 37.5 Å². The van der Waals surface area contributed by atoms with Crippen LogP contribution in [0.25, 0.3) is 0 Å². The normalized spacial score (nSPS) is 17.8. The van der Waals surface area contributed by atoms with E-state index in [1.807, 2.05) is 6.92 Å². The maximum atomic E-state index is 8.94. The lowest BCUT2D eigenvalue weighted by Gasteiger charge is -2.15. The van der Waals surface area contributed by atoms with Gasteiger partial charge in [-0.25, -0.2) is 4.99 Å². The van der Waals surface area contributed by atoms with Crippen LogP contribution in [0.5, 0.6) is 5.75 Å². The fraction of sp³-hybridized carbons (Fsp3) is 0.611. The second-order valence-electron chi connectivity index (χ2n) is 6.00. The van der Waals surface area contributed by atoms with Crippen molar-refractivity contribution in [3.05, 3.63) is 29.3 Å². The molecule has 0 amide bonds. The summed E-state index contributed by atoms with van der Waals surface area (Å²) in [6, 6.07) is 6.20.